The van der Waals surface area contributed by atoms with E-state index in [0.717, 1.165) is 22.9 Å². The smallest absolute Gasteiger partial charge is 0.308 e. The lowest BCUT2D eigenvalue weighted by molar-refractivity contribution is -0.143. The van der Waals surface area contributed by atoms with Gasteiger partial charge >= 0.3 is 5.97 Å². The summed E-state index contributed by atoms with van der Waals surface area (Å²) in [7, 11) is 1.68. The first kappa shape index (κ1) is 15.0. The number of hydrogen-bond donors (Lipinski definition) is 1. The molecule has 20 heavy (non-hydrogen) atoms. The third kappa shape index (κ3) is 2.87. The topological polar surface area (TPSA) is 57.6 Å². The van der Waals surface area contributed by atoms with Crippen LogP contribution in [0.4, 0.5) is 0 Å². The number of rotatable bonds is 5. The molecule has 0 aliphatic heterocycles. The molecule has 1 aliphatic carbocycles. The molecular weight excluding hydrogens is 322 g/mol. The van der Waals surface area contributed by atoms with Crippen molar-refractivity contribution in [3.63, 3.8) is 0 Å². The molecule has 1 N–H and O–H groups in total. The number of aliphatic carboxylic acids is 1. The molecule has 108 valence electrons. The van der Waals surface area contributed by atoms with Gasteiger partial charge in [0, 0.05) is 18.1 Å². The zero-order valence-corrected chi connectivity index (χ0v) is 13.2. The van der Waals surface area contributed by atoms with Crippen LogP contribution in [0.5, 0.6) is 0 Å². The fraction of sp³-hybridized carbons (Fsp3) is 0.467. The molecule has 5 heteroatoms. The molecule has 0 aromatic heterocycles. The predicted octanol–water partition coefficient (Wildman–Crippen LogP) is 2.66. The highest BCUT2D eigenvalue weighted by atomic mass is 79.9. The first-order valence-electron chi connectivity index (χ1n) is 6.61. The number of likely N-dealkylation sites (N-methyl/N-ethyl adjacent to an activating group) is 1. The number of carbonyl (C=O) groups is 2. The summed E-state index contributed by atoms with van der Waals surface area (Å²) in [5, 5.41) is 8.94. The second kappa shape index (κ2) is 5.56. The molecule has 0 saturated heterocycles. The Morgan fingerprint density at radius 2 is 1.90 bits per heavy atom. The van der Waals surface area contributed by atoms with Gasteiger partial charge in [0.1, 0.15) is 0 Å². The molecule has 1 atom stereocenters. The standard InChI is InChI=1S/C15H18BrNO3/c1-10(13(18)19)9-17(2)14(20)15(7-8-15)11-3-5-12(16)6-4-11/h3-6,10H,7-9H2,1-2H3,(H,18,19). The Hall–Kier alpha value is -1.36. The van der Waals surface area contributed by atoms with E-state index in [-0.39, 0.29) is 12.5 Å². The third-order valence-corrected chi connectivity index (χ3v) is 4.40. The summed E-state index contributed by atoms with van der Waals surface area (Å²) in [4.78, 5) is 25.0. The van der Waals surface area contributed by atoms with E-state index in [1.165, 1.54) is 0 Å². The van der Waals surface area contributed by atoms with Crippen LogP contribution in [0.2, 0.25) is 0 Å². The number of carboxylic acid groups (broad SMARTS) is 1. The van der Waals surface area contributed by atoms with Crippen molar-refractivity contribution in [1.29, 1.82) is 0 Å². The minimum atomic E-state index is -0.877. The molecule has 0 bridgehead atoms. The highest BCUT2D eigenvalue weighted by molar-refractivity contribution is 9.10. The predicted molar refractivity (Wildman–Crippen MR) is 79.5 cm³/mol. The van der Waals surface area contributed by atoms with E-state index in [1.807, 2.05) is 24.3 Å². The molecule has 0 spiro atoms. The zero-order chi connectivity index (χ0) is 14.9. The molecule has 2 rings (SSSR count). The summed E-state index contributed by atoms with van der Waals surface area (Å²) < 4.78 is 0.984. The first-order valence-corrected chi connectivity index (χ1v) is 7.40. The number of benzene rings is 1. The molecule has 0 radical (unpaired) electrons. The zero-order valence-electron chi connectivity index (χ0n) is 11.6. The van der Waals surface area contributed by atoms with E-state index in [0.29, 0.717) is 0 Å². The van der Waals surface area contributed by atoms with E-state index in [4.69, 9.17) is 5.11 Å². The van der Waals surface area contributed by atoms with E-state index in [9.17, 15) is 9.59 Å². The van der Waals surface area contributed by atoms with Gasteiger partial charge < -0.3 is 10.0 Å². The fourth-order valence-corrected chi connectivity index (χ4v) is 2.72. The normalized spacial score (nSPS) is 17.4. The van der Waals surface area contributed by atoms with Crippen LogP contribution in [0.15, 0.2) is 28.7 Å². The number of carboxylic acids is 1. The molecule has 1 aromatic carbocycles. The fourth-order valence-electron chi connectivity index (χ4n) is 2.46. The summed E-state index contributed by atoms with van der Waals surface area (Å²) in [6.07, 6.45) is 1.67. The average Bonchev–Trinajstić information content (AvgIpc) is 3.20. The van der Waals surface area contributed by atoms with Crippen molar-refractivity contribution < 1.29 is 14.7 Å². The highest BCUT2D eigenvalue weighted by Crippen LogP contribution is 2.49. The van der Waals surface area contributed by atoms with Gasteiger partial charge in [-0.15, -0.1) is 0 Å². The summed E-state index contributed by atoms with van der Waals surface area (Å²) in [5.41, 5.74) is 0.578. The maximum atomic E-state index is 12.6. The maximum Gasteiger partial charge on any atom is 0.308 e. The monoisotopic (exact) mass is 339 g/mol. The lowest BCUT2D eigenvalue weighted by Gasteiger charge is -2.25. The Balaban J connectivity index is 2.12. The second-order valence-corrected chi connectivity index (χ2v) is 6.43. The van der Waals surface area contributed by atoms with Crippen molar-refractivity contribution in [3.05, 3.63) is 34.3 Å². The number of hydrogen-bond acceptors (Lipinski definition) is 2. The second-order valence-electron chi connectivity index (χ2n) is 5.51. The first-order chi connectivity index (χ1) is 9.36. The molecule has 0 heterocycles. The molecule has 1 saturated carbocycles. The van der Waals surface area contributed by atoms with Crippen LogP contribution >= 0.6 is 15.9 Å². The summed E-state index contributed by atoms with van der Waals surface area (Å²) in [6, 6.07) is 7.79. The highest BCUT2D eigenvalue weighted by Gasteiger charge is 2.52. The van der Waals surface area contributed by atoms with Gasteiger partial charge in [-0.3, -0.25) is 9.59 Å². The molecule has 1 amide bonds. The minimum Gasteiger partial charge on any atom is -0.481 e. The van der Waals surface area contributed by atoms with Crippen LogP contribution in [0.1, 0.15) is 25.3 Å². The summed E-state index contributed by atoms with van der Waals surface area (Å²) in [6.45, 7) is 1.86. The molecule has 4 nitrogen and oxygen atoms in total. The third-order valence-electron chi connectivity index (χ3n) is 3.87. The largest absolute Gasteiger partial charge is 0.481 e. The van der Waals surface area contributed by atoms with Gasteiger partial charge in [-0.2, -0.15) is 0 Å². The Labute approximate surface area is 126 Å². The number of amides is 1. The van der Waals surface area contributed by atoms with Crippen LogP contribution in [0, 0.1) is 5.92 Å². The van der Waals surface area contributed by atoms with Gasteiger partial charge in [0.25, 0.3) is 0 Å². The number of halogens is 1. The van der Waals surface area contributed by atoms with Gasteiger partial charge in [-0.1, -0.05) is 35.0 Å². The van der Waals surface area contributed by atoms with Crippen molar-refractivity contribution in [2.75, 3.05) is 13.6 Å². The SMILES string of the molecule is CC(CN(C)C(=O)C1(c2ccc(Br)cc2)CC1)C(=O)O. The van der Waals surface area contributed by atoms with Crippen molar-refractivity contribution in [1.82, 2.24) is 4.90 Å². The molecule has 1 fully saturated rings. The molecule has 1 unspecified atom stereocenters. The van der Waals surface area contributed by atoms with Crippen LogP contribution in [-0.2, 0) is 15.0 Å². The molecule has 1 aliphatic rings. The van der Waals surface area contributed by atoms with E-state index >= 15 is 0 Å². The average molecular weight is 340 g/mol. The van der Waals surface area contributed by atoms with Gasteiger partial charge in [0.05, 0.1) is 11.3 Å². The van der Waals surface area contributed by atoms with Gasteiger partial charge in [0.2, 0.25) is 5.91 Å². The minimum absolute atomic E-state index is 0.0212. The lowest BCUT2D eigenvalue weighted by Crippen LogP contribution is -2.40. The number of carbonyl (C=O) groups excluding carboxylic acids is 1. The number of nitrogens with zero attached hydrogens (tertiary/aromatic N) is 1. The van der Waals surface area contributed by atoms with Crippen LogP contribution < -0.4 is 0 Å². The van der Waals surface area contributed by atoms with Crippen molar-refractivity contribution in [2.45, 2.75) is 25.2 Å². The van der Waals surface area contributed by atoms with E-state index < -0.39 is 17.3 Å². The Kier molecular flexibility index (Phi) is 4.18. The maximum absolute atomic E-state index is 12.6. The molecular formula is C15H18BrNO3. The summed E-state index contributed by atoms with van der Waals surface area (Å²) >= 11 is 3.39. The van der Waals surface area contributed by atoms with Crippen LogP contribution in [0.25, 0.3) is 0 Å². The quantitative estimate of drug-likeness (QED) is 0.897. The van der Waals surface area contributed by atoms with Crippen molar-refractivity contribution in [2.24, 2.45) is 5.92 Å². The Morgan fingerprint density at radius 3 is 2.35 bits per heavy atom. The van der Waals surface area contributed by atoms with Crippen LogP contribution in [0.3, 0.4) is 0 Å². The Morgan fingerprint density at radius 1 is 1.35 bits per heavy atom. The van der Waals surface area contributed by atoms with E-state index in [2.05, 4.69) is 15.9 Å². The van der Waals surface area contributed by atoms with Crippen molar-refractivity contribution in [3.8, 4) is 0 Å². The summed E-state index contributed by atoms with van der Waals surface area (Å²) in [5.74, 6) is -1.41. The molecule has 1 aromatic rings. The lowest BCUT2D eigenvalue weighted by atomic mass is 9.94. The van der Waals surface area contributed by atoms with Gasteiger partial charge in [0.15, 0.2) is 0 Å². The van der Waals surface area contributed by atoms with Gasteiger partial charge in [-0.05, 0) is 30.5 Å². The Bertz CT molecular complexity index is 522. The van der Waals surface area contributed by atoms with Gasteiger partial charge in [-0.25, -0.2) is 0 Å². The van der Waals surface area contributed by atoms with E-state index in [1.54, 1.807) is 18.9 Å². The van der Waals surface area contributed by atoms with Crippen LogP contribution in [-0.4, -0.2) is 35.5 Å². The van der Waals surface area contributed by atoms with Crippen molar-refractivity contribution >= 4 is 27.8 Å².